The highest BCUT2D eigenvalue weighted by molar-refractivity contribution is 6.04. The van der Waals surface area contributed by atoms with E-state index in [1.54, 1.807) is 12.1 Å². The Labute approximate surface area is 122 Å². The Morgan fingerprint density at radius 3 is 2.48 bits per heavy atom. The van der Waals surface area contributed by atoms with Crippen LogP contribution in [0.2, 0.25) is 0 Å². The minimum Gasteiger partial charge on any atom is -0.463 e. The predicted octanol–water partition coefficient (Wildman–Crippen LogP) is 2.32. The van der Waals surface area contributed by atoms with Gasteiger partial charge in [0, 0.05) is 11.3 Å². The Kier molecular flexibility index (Phi) is 3.55. The summed E-state index contributed by atoms with van der Waals surface area (Å²) in [6.07, 6.45) is 0. The maximum atomic E-state index is 12.0. The van der Waals surface area contributed by atoms with E-state index in [1.807, 2.05) is 42.5 Å². The van der Waals surface area contributed by atoms with Crippen LogP contribution in [0.25, 0.3) is 0 Å². The first kappa shape index (κ1) is 13.2. The number of amidine groups is 1. The average molecular weight is 281 g/mol. The summed E-state index contributed by atoms with van der Waals surface area (Å²) in [4.78, 5) is 16.2. The van der Waals surface area contributed by atoms with Crippen molar-refractivity contribution in [3.8, 4) is 0 Å². The van der Waals surface area contributed by atoms with Crippen molar-refractivity contribution in [2.75, 3.05) is 11.9 Å². The highest BCUT2D eigenvalue weighted by Gasteiger charge is 2.18. The Hall–Kier alpha value is -2.82. The molecule has 21 heavy (non-hydrogen) atoms. The van der Waals surface area contributed by atoms with Crippen molar-refractivity contribution in [1.29, 1.82) is 0 Å². The maximum absolute atomic E-state index is 12.0. The zero-order valence-corrected chi connectivity index (χ0v) is 11.3. The van der Waals surface area contributed by atoms with Crippen LogP contribution in [0.3, 0.4) is 0 Å². The molecule has 1 unspecified atom stereocenters. The number of aliphatic imine (C=N–C) groups is 1. The van der Waals surface area contributed by atoms with Gasteiger partial charge in [-0.3, -0.25) is 4.79 Å². The lowest BCUT2D eigenvalue weighted by Gasteiger charge is -2.08. The highest BCUT2D eigenvalue weighted by atomic mass is 16.5. The lowest BCUT2D eigenvalue weighted by Crippen LogP contribution is -2.11. The Balaban J connectivity index is 1.69. The van der Waals surface area contributed by atoms with Crippen LogP contribution in [-0.2, 0) is 4.74 Å². The average Bonchev–Trinajstić information content (AvgIpc) is 2.95. The number of amides is 1. The van der Waals surface area contributed by atoms with Crippen molar-refractivity contribution in [3.63, 3.8) is 0 Å². The van der Waals surface area contributed by atoms with Gasteiger partial charge in [-0.1, -0.05) is 30.3 Å². The summed E-state index contributed by atoms with van der Waals surface area (Å²) >= 11 is 0. The fraction of sp³-hybridized carbons (Fsp3) is 0.125. The largest absolute Gasteiger partial charge is 0.463 e. The van der Waals surface area contributed by atoms with E-state index in [2.05, 4.69) is 10.3 Å². The van der Waals surface area contributed by atoms with Gasteiger partial charge in [-0.25, -0.2) is 4.99 Å². The molecule has 1 heterocycles. The fourth-order valence-electron chi connectivity index (χ4n) is 2.14. The SMILES string of the molecule is NC1=NC(c2ccc(NC(=O)c3ccccc3)cc2)CO1. The molecule has 2 aromatic carbocycles. The predicted molar refractivity (Wildman–Crippen MR) is 81.2 cm³/mol. The molecule has 0 bridgehead atoms. The first-order valence-corrected chi connectivity index (χ1v) is 6.65. The van der Waals surface area contributed by atoms with Crippen LogP contribution in [0, 0.1) is 0 Å². The van der Waals surface area contributed by atoms with Crippen molar-refractivity contribution >= 4 is 17.6 Å². The lowest BCUT2D eigenvalue weighted by molar-refractivity contribution is 0.102. The van der Waals surface area contributed by atoms with Gasteiger partial charge < -0.3 is 15.8 Å². The standard InChI is InChI=1S/C16H15N3O2/c17-16-19-14(10-21-16)11-6-8-13(9-7-11)18-15(20)12-4-2-1-3-5-12/h1-9,14H,10H2,(H2,17,19)(H,18,20). The summed E-state index contributed by atoms with van der Waals surface area (Å²) in [5.74, 6) is -0.130. The third-order valence-corrected chi connectivity index (χ3v) is 3.26. The summed E-state index contributed by atoms with van der Waals surface area (Å²) in [5.41, 5.74) is 7.87. The Morgan fingerprint density at radius 2 is 1.86 bits per heavy atom. The number of anilines is 1. The van der Waals surface area contributed by atoms with Gasteiger partial charge in [0.25, 0.3) is 11.9 Å². The molecule has 0 aliphatic carbocycles. The number of ether oxygens (including phenoxy) is 1. The molecule has 5 heteroatoms. The number of carbonyl (C=O) groups is 1. The lowest BCUT2D eigenvalue weighted by atomic mass is 10.1. The van der Waals surface area contributed by atoms with E-state index < -0.39 is 0 Å². The van der Waals surface area contributed by atoms with E-state index in [9.17, 15) is 4.79 Å². The molecule has 0 spiro atoms. The Bertz CT molecular complexity index is 666. The summed E-state index contributed by atoms with van der Waals surface area (Å²) in [7, 11) is 0. The van der Waals surface area contributed by atoms with E-state index in [4.69, 9.17) is 10.5 Å². The van der Waals surface area contributed by atoms with Crippen LogP contribution in [0.15, 0.2) is 59.6 Å². The van der Waals surface area contributed by atoms with Gasteiger partial charge in [-0.05, 0) is 29.8 Å². The number of nitrogens with one attached hydrogen (secondary N) is 1. The van der Waals surface area contributed by atoms with Gasteiger partial charge in [0.1, 0.15) is 12.6 Å². The molecule has 2 aromatic rings. The third-order valence-electron chi connectivity index (χ3n) is 3.26. The van der Waals surface area contributed by atoms with Gasteiger partial charge in [0.2, 0.25) is 0 Å². The molecule has 0 fully saturated rings. The van der Waals surface area contributed by atoms with Crippen LogP contribution < -0.4 is 11.1 Å². The van der Waals surface area contributed by atoms with Crippen LogP contribution in [0.4, 0.5) is 5.69 Å². The first-order valence-electron chi connectivity index (χ1n) is 6.65. The number of nitrogens with zero attached hydrogens (tertiary/aromatic N) is 1. The van der Waals surface area contributed by atoms with Crippen molar-refractivity contribution in [2.24, 2.45) is 10.7 Å². The van der Waals surface area contributed by atoms with Gasteiger partial charge in [-0.2, -0.15) is 0 Å². The zero-order chi connectivity index (χ0) is 14.7. The van der Waals surface area contributed by atoms with Crippen molar-refractivity contribution in [2.45, 2.75) is 6.04 Å². The molecule has 3 rings (SSSR count). The molecule has 106 valence electrons. The molecule has 1 aliphatic heterocycles. The van der Waals surface area contributed by atoms with Gasteiger partial charge in [-0.15, -0.1) is 0 Å². The number of rotatable bonds is 3. The quantitative estimate of drug-likeness (QED) is 0.906. The number of benzene rings is 2. The van der Waals surface area contributed by atoms with Gasteiger partial charge >= 0.3 is 0 Å². The maximum Gasteiger partial charge on any atom is 0.282 e. The topological polar surface area (TPSA) is 76.7 Å². The second-order valence-corrected chi connectivity index (χ2v) is 4.74. The second kappa shape index (κ2) is 5.66. The molecular formula is C16H15N3O2. The van der Waals surface area contributed by atoms with Gasteiger partial charge in [0.15, 0.2) is 0 Å². The molecule has 0 aromatic heterocycles. The second-order valence-electron chi connectivity index (χ2n) is 4.74. The van der Waals surface area contributed by atoms with E-state index >= 15 is 0 Å². The van der Waals surface area contributed by atoms with Crippen molar-refractivity contribution in [3.05, 3.63) is 65.7 Å². The number of nitrogens with two attached hydrogens (primary N) is 1. The summed E-state index contributed by atoms with van der Waals surface area (Å²) in [6, 6.07) is 16.8. The van der Waals surface area contributed by atoms with Gasteiger partial charge in [0.05, 0.1) is 0 Å². The fourth-order valence-corrected chi connectivity index (χ4v) is 2.14. The number of hydrogen-bond donors (Lipinski definition) is 2. The normalized spacial score (nSPS) is 17.0. The molecule has 1 aliphatic rings. The Morgan fingerprint density at radius 1 is 1.14 bits per heavy atom. The molecular weight excluding hydrogens is 266 g/mol. The monoisotopic (exact) mass is 281 g/mol. The number of hydrogen-bond acceptors (Lipinski definition) is 4. The van der Waals surface area contributed by atoms with E-state index in [-0.39, 0.29) is 18.0 Å². The van der Waals surface area contributed by atoms with E-state index in [1.165, 1.54) is 0 Å². The minimum atomic E-state index is -0.130. The van der Waals surface area contributed by atoms with Crippen LogP contribution in [0.5, 0.6) is 0 Å². The molecule has 0 radical (unpaired) electrons. The molecule has 3 N–H and O–H groups in total. The summed E-state index contributed by atoms with van der Waals surface area (Å²) in [5, 5.41) is 2.85. The van der Waals surface area contributed by atoms with Crippen LogP contribution >= 0.6 is 0 Å². The third kappa shape index (κ3) is 3.02. The summed E-state index contributed by atoms with van der Waals surface area (Å²) < 4.78 is 5.13. The highest BCUT2D eigenvalue weighted by Crippen LogP contribution is 2.23. The molecule has 5 nitrogen and oxygen atoms in total. The molecule has 1 amide bonds. The molecule has 1 atom stereocenters. The molecule has 0 saturated heterocycles. The van der Waals surface area contributed by atoms with Crippen molar-refractivity contribution in [1.82, 2.24) is 0 Å². The van der Waals surface area contributed by atoms with Crippen LogP contribution in [0.1, 0.15) is 22.0 Å². The first-order chi connectivity index (χ1) is 10.2. The van der Waals surface area contributed by atoms with E-state index in [0.717, 1.165) is 11.3 Å². The smallest absolute Gasteiger partial charge is 0.282 e. The molecule has 0 saturated carbocycles. The van der Waals surface area contributed by atoms with Crippen LogP contribution in [-0.4, -0.2) is 18.5 Å². The summed E-state index contributed by atoms with van der Waals surface area (Å²) in [6.45, 7) is 0.460. The number of carbonyl (C=O) groups excluding carboxylic acids is 1. The van der Waals surface area contributed by atoms with E-state index in [0.29, 0.717) is 12.2 Å². The minimum absolute atomic E-state index is 0.0659. The zero-order valence-electron chi connectivity index (χ0n) is 11.3. The van der Waals surface area contributed by atoms with Crippen molar-refractivity contribution < 1.29 is 9.53 Å².